The molecule has 1 aromatic carbocycles. The fraction of sp³-hybridized carbons (Fsp3) is 0.500. The Hall–Kier alpha value is -2.08. The number of aromatic nitrogens is 3. The van der Waals surface area contributed by atoms with Gasteiger partial charge in [0, 0.05) is 0 Å². The Morgan fingerprint density at radius 2 is 1.73 bits per heavy atom. The molecule has 1 saturated carbocycles. The summed E-state index contributed by atoms with van der Waals surface area (Å²) in [7, 11) is 0. The molecule has 1 aromatic heterocycles. The highest BCUT2D eigenvalue weighted by Gasteiger charge is 2.21. The second-order valence-electron chi connectivity index (χ2n) is 5.91. The van der Waals surface area contributed by atoms with Crippen molar-refractivity contribution in [1.82, 2.24) is 14.3 Å². The number of hydrogen-bond acceptors (Lipinski definition) is 3. The molecule has 3 rings (SSSR count). The van der Waals surface area contributed by atoms with Crippen molar-refractivity contribution in [3.05, 3.63) is 51.3 Å². The number of hydrogen-bond donors (Lipinski definition) is 2. The maximum absolute atomic E-state index is 12.6. The van der Waals surface area contributed by atoms with E-state index in [0.717, 1.165) is 30.3 Å². The largest absolute Gasteiger partial charge is 0.393 e. The van der Waals surface area contributed by atoms with Crippen LogP contribution in [0, 0.1) is 0 Å². The summed E-state index contributed by atoms with van der Waals surface area (Å²) >= 11 is 0. The molecule has 2 N–H and O–H groups in total. The summed E-state index contributed by atoms with van der Waals surface area (Å²) in [6, 6.07) is 8.86. The molecule has 0 aliphatic heterocycles. The van der Waals surface area contributed by atoms with E-state index in [-0.39, 0.29) is 17.8 Å². The molecule has 0 radical (unpaired) electrons. The highest BCUT2D eigenvalue weighted by molar-refractivity contribution is 5.30. The lowest BCUT2D eigenvalue weighted by Gasteiger charge is -2.22. The Morgan fingerprint density at radius 1 is 1.00 bits per heavy atom. The van der Waals surface area contributed by atoms with Crippen LogP contribution in [0.1, 0.15) is 44.6 Å². The Kier molecular flexibility index (Phi) is 4.29. The third-order valence-electron chi connectivity index (χ3n) is 4.35. The molecule has 1 heterocycles. The normalized spacial score (nSPS) is 23.0. The highest BCUT2D eigenvalue weighted by Crippen LogP contribution is 2.24. The van der Waals surface area contributed by atoms with Gasteiger partial charge in [-0.25, -0.2) is 23.9 Å². The SMILES string of the molecule is O=c1[nH]n([C@@H]2CCCC[C@H](O)CC2)c(=O)n1-c1ccccc1. The molecule has 1 aliphatic carbocycles. The van der Waals surface area contributed by atoms with Crippen molar-refractivity contribution in [1.29, 1.82) is 0 Å². The van der Waals surface area contributed by atoms with Gasteiger partial charge in [0.05, 0.1) is 17.8 Å². The van der Waals surface area contributed by atoms with E-state index < -0.39 is 5.69 Å². The van der Waals surface area contributed by atoms with Gasteiger partial charge < -0.3 is 5.11 Å². The van der Waals surface area contributed by atoms with E-state index in [9.17, 15) is 14.7 Å². The number of benzene rings is 1. The van der Waals surface area contributed by atoms with Crippen LogP contribution in [0.25, 0.3) is 5.69 Å². The lowest BCUT2D eigenvalue weighted by molar-refractivity contribution is 0.129. The molecule has 1 fully saturated rings. The van der Waals surface area contributed by atoms with E-state index in [2.05, 4.69) is 5.10 Å². The third kappa shape index (κ3) is 2.92. The van der Waals surface area contributed by atoms with Gasteiger partial charge in [0.1, 0.15) is 0 Å². The molecule has 2 atom stereocenters. The van der Waals surface area contributed by atoms with Crippen molar-refractivity contribution in [3.63, 3.8) is 0 Å². The molecule has 0 amide bonds. The summed E-state index contributed by atoms with van der Waals surface area (Å²) in [5.41, 5.74) is -0.187. The topological polar surface area (TPSA) is 80.0 Å². The fourth-order valence-corrected chi connectivity index (χ4v) is 3.14. The van der Waals surface area contributed by atoms with Crippen molar-refractivity contribution in [2.24, 2.45) is 0 Å². The molecule has 6 nitrogen and oxygen atoms in total. The first-order valence-corrected chi connectivity index (χ1v) is 7.84. The van der Waals surface area contributed by atoms with E-state index in [1.165, 1.54) is 4.68 Å². The van der Waals surface area contributed by atoms with Crippen LogP contribution >= 0.6 is 0 Å². The van der Waals surface area contributed by atoms with Crippen LogP contribution in [0.4, 0.5) is 0 Å². The minimum atomic E-state index is -0.418. The maximum atomic E-state index is 12.6. The van der Waals surface area contributed by atoms with E-state index >= 15 is 0 Å². The van der Waals surface area contributed by atoms with Crippen molar-refractivity contribution in [2.45, 2.75) is 50.7 Å². The molecular formula is C16H21N3O3. The molecule has 0 spiro atoms. The highest BCUT2D eigenvalue weighted by atomic mass is 16.3. The number of H-pyrrole nitrogens is 1. The van der Waals surface area contributed by atoms with Gasteiger partial charge in [-0.1, -0.05) is 31.0 Å². The first-order chi connectivity index (χ1) is 10.7. The van der Waals surface area contributed by atoms with Crippen LogP contribution in [-0.2, 0) is 0 Å². The number of nitrogens with zero attached hydrogens (tertiary/aromatic N) is 2. The smallest absolute Gasteiger partial charge is 0.351 e. The number of aliphatic hydroxyl groups excluding tert-OH is 1. The zero-order valence-corrected chi connectivity index (χ0v) is 12.4. The molecule has 2 aromatic rings. The number of aromatic amines is 1. The Labute approximate surface area is 128 Å². The standard InChI is InChI=1S/C16H21N3O3/c20-14-9-5-4-8-13(10-11-14)19-16(22)18(15(21)17-19)12-6-2-1-3-7-12/h1-3,6-7,13-14,20H,4-5,8-11H2,(H,17,21)/t13-,14+/m1/s1. The number of rotatable bonds is 2. The van der Waals surface area contributed by atoms with Crippen LogP contribution in [0.2, 0.25) is 0 Å². The lowest BCUT2D eigenvalue weighted by atomic mass is 9.95. The van der Waals surface area contributed by atoms with Crippen LogP contribution < -0.4 is 11.4 Å². The van der Waals surface area contributed by atoms with Gasteiger partial charge in [-0.3, -0.25) is 0 Å². The van der Waals surface area contributed by atoms with Crippen molar-refractivity contribution in [2.75, 3.05) is 0 Å². The number of para-hydroxylation sites is 1. The Bertz CT molecular complexity index is 729. The summed E-state index contributed by atoms with van der Waals surface area (Å²) < 4.78 is 2.60. The molecule has 0 unspecified atom stereocenters. The zero-order chi connectivity index (χ0) is 15.5. The van der Waals surface area contributed by atoms with Crippen molar-refractivity contribution >= 4 is 0 Å². The van der Waals surface area contributed by atoms with E-state index in [0.29, 0.717) is 18.5 Å². The summed E-state index contributed by atoms with van der Waals surface area (Å²) in [6.07, 6.45) is 4.64. The van der Waals surface area contributed by atoms with E-state index in [1.807, 2.05) is 6.07 Å². The van der Waals surface area contributed by atoms with Gasteiger partial charge in [-0.15, -0.1) is 0 Å². The quantitative estimate of drug-likeness (QED) is 0.884. The molecular weight excluding hydrogens is 282 g/mol. The van der Waals surface area contributed by atoms with E-state index in [1.54, 1.807) is 24.3 Å². The van der Waals surface area contributed by atoms with E-state index in [4.69, 9.17) is 0 Å². The van der Waals surface area contributed by atoms with Gasteiger partial charge in [0.15, 0.2) is 0 Å². The average Bonchev–Trinajstić information content (AvgIpc) is 2.79. The molecule has 0 bridgehead atoms. The number of nitrogens with one attached hydrogen (secondary N) is 1. The van der Waals surface area contributed by atoms with Crippen LogP contribution in [0.5, 0.6) is 0 Å². The minimum absolute atomic E-state index is 0.0555. The summed E-state index contributed by atoms with van der Waals surface area (Å²) in [5, 5.41) is 12.5. The molecule has 22 heavy (non-hydrogen) atoms. The summed E-state index contributed by atoms with van der Waals surface area (Å²) in [4.78, 5) is 24.8. The van der Waals surface area contributed by atoms with Crippen LogP contribution in [-0.4, -0.2) is 25.6 Å². The number of aliphatic hydroxyl groups is 1. The van der Waals surface area contributed by atoms with Crippen LogP contribution in [0.3, 0.4) is 0 Å². The zero-order valence-electron chi connectivity index (χ0n) is 12.4. The minimum Gasteiger partial charge on any atom is -0.393 e. The summed E-state index contributed by atoms with van der Waals surface area (Å²) in [5.74, 6) is 0. The molecule has 118 valence electrons. The lowest BCUT2D eigenvalue weighted by Crippen LogP contribution is -2.30. The van der Waals surface area contributed by atoms with Gasteiger partial charge in [-0.05, 0) is 37.8 Å². The van der Waals surface area contributed by atoms with Gasteiger partial charge >= 0.3 is 11.4 Å². The Morgan fingerprint density at radius 3 is 2.50 bits per heavy atom. The van der Waals surface area contributed by atoms with Gasteiger partial charge in [0.2, 0.25) is 0 Å². The maximum Gasteiger partial charge on any atom is 0.351 e. The second-order valence-corrected chi connectivity index (χ2v) is 5.91. The molecule has 6 heteroatoms. The second kappa shape index (κ2) is 6.36. The van der Waals surface area contributed by atoms with Gasteiger partial charge in [0.25, 0.3) is 0 Å². The average molecular weight is 303 g/mol. The molecule has 0 saturated heterocycles. The first kappa shape index (κ1) is 14.8. The van der Waals surface area contributed by atoms with Crippen molar-refractivity contribution in [3.8, 4) is 5.69 Å². The first-order valence-electron chi connectivity index (χ1n) is 7.84. The van der Waals surface area contributed by atoms with Crippen molar-refractivity contribution < 1.29 is 5.11 Å². The summed E-state index contributed by atoms with van der Waals surface area (Å²) in [6.45, 7) is 0. The fourth-order valence-electron chi connectivity index (χ4n) is 3.14. The van der Waals surface area contributed by atoms with Crippen LogP contribution in [0.15, 0.2) is 39.9 Å². The van der Waals surface area contributed by atoms with Gasteiger partial charge in [-0.2, -0.15) is 0 Å². The monoisotopic (exact) mass is 303 g/mol. The predicted molar refractivity (Wildman–Crippen MR) is 83.4 cm³/mol. The Balaban J connectivity index is 1.95. The molecule has 1 aliphatic rings. The third-order valence-corrected chi connectivity index (χ3v) is 4.35. The predicted octanol–water partition coefficient (Wildman–Crippen LogP) is 1.58.